The molecule has 4 rings (SSSR count). The topological polar surface area (TPSA) is 58.2 Å². The van der Waals surface area contributed by atoms with Crippen LogP contribution in [0.25, 0.3) is 0 Å². The Balaban J connectivity index is 1.46. The molecule has 0 bridgehead atoms. The highest BCUT2D eigenvalue weighted by Crippen LogP contribution is 2.36. The lowest BCUT2D eigenvalue weighted by atomic mass is 9.76. The molecule has 5 nitrogen and oxygen atoms in total. The summed E-state index contributed by atoms with van der Waals surface area (Å²) < 4.78 is 5.81. The first-order chi connectivity index (χ1) is 12.0. The molecule has 2 atom stereocenters. The molecule has 2 aliphatic heterocycles. The molecule has 1 aromatic carbocycles. The highest BCUT2D eigenvalue weighted by atomic mass is 16.5. The SMILES string of the molecule is C[C@@H]1Cc2c(C(=O)N3CC(C)(Cc4ccccc4)C3)n[nH]c2[C@H](C)O1. The molecule has 1 fully saturated rings. The maximum atomic E-state index is 12.9. The Kier molecular flexibility index (Phi) is 3.91. The van der Waals surface area contributed by atoms with Gasteiger partial charge in [0, 0.05) is 30.5 Å². The monoisotopic (exact) mass is 339 g/mol. The second-order valence-corrected chi connectivity index (χ2v) is 7.89. The van der Waals surface area contributed by atoms with Crippen LogP contribution in [0.3, 0.4) is 0 Å². The summed E-state index contributed by atoms with van der Waals surface area (Å²) in [7, 11) is 0. The molecule has 1 aromatic heterocycles. The van der Waals surface area contributed by atoms with E-state index in [1.807, 2.05) is 24.8 Å². The third-order valence-electron chi connectivity index (χ3n) is 5.34. The molecule has 3 heterocycles. The summed E-state index contributed by atoms with van der Waals surface area (Å²) in [5.41, 5.74) is 4.05. The number of amides is 1. The number of rotatable bonds is 3. The number of hydrogen-bond donors (Lipinski definition) is 1. The number of benzene rings is 1. The molecule has 2 aromatic rings. The number of aromatic nitrogens is 2. The van der Waals surface area contributed by atoms with Crippen molar-refractivity contribution in [2.75, 3.05) is 13.1 Å². The fourth-order valence-corrected chi connectivity index (χ4v) is 4.22. The molecule has 0 spiro atoms. The number of ether oxygens (including phenoxy) is 1. The molecule has 0 saturated carbocycles. The van der Waals surface area contributed by atoms with Gasteiger partial charge in [-0.2, -0.15) is 5.10 Å². The zero-order valence-corrected chi connectivity index (χ0v) is 15.1. The van der Waals surface area contributed by atoms with Gasteiger partial charge in [-0.3, -0.25) is 9.89 Å². The molecular weight excluding hydrogens is 314 g/mol. The molecule has 5 heteroatoms. The largest absolute Gasteiger partial charge is 0.369 e. The summed E-state index contributed by atoms with van der Waals surface area (Å²) in [6, 6.07) is 10.5. The molecule has 0 unspecified atom stereocenters. The van der Waals surface area contributed by atoms with Crippen molar-refractivity contribution < 1.29 is 9.53 Å². The van der Waals surface area contributed by atoms with E-state index in [2.05, 4.69) is 41.4 Å². The average Bonchev–Trinajstić information content (AvgIpc) is 2.97. The quantitative estimate of drug-likeness (QED) is 0.934. The highest BCUT2D eigenvalue weighted by Gasteiger charge is 2.43. The average molecular weight is 339 g/mol. The molecule has 0 aliphatic carbocycles. The van der Waals surface area contributed by atoms with Gasteiger partial charge in [-0.1, -0.05) is 37.3 Å². The zero-order valence-electron chi connectivity index (χ0n) is 15.1. The fraction of sp³-hybridized carbons (Fsp3) is 0.500. The van der Waals surface area contributed by atoms with Crippen LogP contribution in [-0.4, -0.2) is 40.2 Å². The number of carbonyl (C=O) groups is 1. The third-order valence-corrected chi connectivity index (χ3v) is 5.34. The molecule has 1 N–H and O–H groups in total. The van der Waals surface area contributed by atoms with Gasteiger partial charge in [-0.15, -0.1) is 0 Å². The first kappa shape index (κ1) is 16.3. The summed E-state index contributed by atoms with van der Waals surface area (Å²) in [6.07, 6.45) is 1.82. The second-order valence-electron chi connectivity index (χ2n) is 7.89. The van der Waals surface area contributed by atoms with Crippen LogP contribution in [0.2, 0.25) is 0 Å². The van der Waals surface area contributed by atoms with Crippen molar-refractivity contribution in [3.8, 4) is 0 Å². The summed E-state index contributed by atoms with van der Waals surface area (Å²) in [4.78, 5) is 14.8. The van der Waals surface area contributed by atoms with E-state index >= 15 is 0 Å². The Hall–Kier alpha value is -2.14. The number of nitrogens with one attached hydrogen (secondary N) is 1. The minimum absolute atomic E-state index is 0.0347. The van der Waals surface area contributed by atoms with Gasteiger partial charge in [0.05, 0.1) is 17.9 Å². The van der Waals surface area contributed by atoms with E-state index in [1.165, 1.54) is 5.56 Å². The number of fused-ring (bicyclic) bond motifs is 1. The van der Waals surface area contributed by atoms with Crippen molar-refractivity contribution >= 4 is 5.91 Å². The number of aromatic amines is 1. The van der Waals surface area contributed by atoms with Gasteiger partial charge in [0.2, 0.25) is 0 Å². The number of likely N-dealkylation sites (tertiary alicyclic amines) is 1. The van der Waals surface area contributed by atoms with Gasteiger partial charge in [0.15, 0.2) is 5.69 Å². The molecule has 1 saturated heterocycles. The summed E-state index contributed by atoms with van der Waals surface area (Å²) in [5, 5.41) is 7.34. The molecule has 1 amide bonds. The number of nitrogens with zero attached hydrogens (tertiary/aromatic N) is 2. The van der Waals surface area contributed by atoms with Gasteiger partial charge >= 0.3 is 0 Å². The van der Waals surface area contributed by atoms with Crippen LogP contribution in [0, 0.1) is 5.41 Å². The van der Waals surface area contributed by atoms with Crippen molar-refractivity contribution in [1.29, 1.82) is 0 Å². The minimum atomic E-state index is -0.0347. The maximum Gasteiger partial charge on any atom is 0.274 e. The Bertz CT molecular complexity index is 777. The van der Waals surface area contributed by atoms with Crippen LogP contribution in [0.1, 0.15) is 54.2 Å². The van der Waals surface area contributed by atoms with Crippen molar-refractivity contribution in [2.45, 2.75) is 45.8 Å². The number of carbonyl (C=O) groups excluding carboxylic acids is 1. The number of H-pyrrole nitrogens is 1. The third kappa shape index (κ3) is 2.97. The highest BCUT2D eigenvalue weighted by molar-refractivity contribution is 5.94. The molecule has 2 aliphatic rings. The van der Waals surface area contributed by atoms with Gasteiger partial charge < -0.3 is 9.64 Å². The molecule has 25 heavy (non-hydrogen) atoms. The van der Waals surface area contributed by atoms with Crippen LogP contribution in [0.15, 0.2) is 30.3 Å². The lowest BCUT2D eigenvalue weighted by Crippen LogP contribution is -2.58. The van der Waals surface area contributed by atoms with E-state index in [4.69, 9.17) is 4.74 Å². The Morgan fingerprint density at radius 1 is 1.32 bits per heavy atom. The van der Waals surface area contributed by atoms with E-state index in [0.717, 1.165) is 37.2 Å². The van der Waals surface area contributed by atoms with Gasteiger partial charge in [-0.05, 0) is 25.8 Å². The van der Waals surface area contributed by atoms with E-state index in [0.29, 0.717) is 5.69 Å². The van der Waals surface area contributed by atoms with E-state index < -0.39 is 0 Å². The summed E-state index contributed by atoms with van der Waals surface area (Å²) in [6.45, 7) is 7.86. The normalized spacial score (nSPS) is 24.5. The van der Waals surface area contributed by atoms with Crippen molar-refractivity contribution in [2.24, 2.45) is 5.41 Å². The second kappa shape index (κ2) is 5.99. The van der Waals surface area contributed by atoms with Crippen molar-refractivity contribution in [3.63, 3.8) is 0 Å². The van der Waals surface area contributed by atoms with E-state index in [1.54, 1.807) is 0 Å². The molecule has 0 radical (unpaired) electrons. The Morgan fingerprint density at radius 3 is 2.76 bits per heavy atom. The summed E-state index contributed by atoms with van der Waals surface area (Å²) >= 11 is 0. The first-order valence-corrected chi connectivity index (χ1v) is 9.01. The van der Waals surface area contributed by atoms with Crippen LogP contribution >= 0.6 is 0 Å². The Morgan fingerprint density at radius 2 is 2.04 bits per heavy atom. The predicted octanol–water partition coefficient (Wildman–Crippen LogP) is 3.14. The van der Waals surface area contributed by atoms with E-state index in [9.17, 15) is 4.79 Å². The Labute approximate surface area is 148 Å². The van der Waals surface area contributed by atoms with Gasteiger partial charge in [-0.25, -0.2) is 0 Å². The van der Waals surface area contributed by atoms with Crippen molar-refractivity contribution in [1.82, 2.24) is 15.1 Å². The van der Waals surface area contributed by atoms with Crippen LogP contribution < -0.4 is 0 Å². The lowest BCUT2D eigenvalue weighted by Gasteiger charge is -2.48. The zero-order chi connectivity index (χ0) is 17.6. The molecule has 132 valence electrons. The van der Waals surface area contributed by atoms with Gasteiger partial charge in [0.1, 0.15) is 0 Å². The first-order valence-electron chi connectivity index (χ1n) is 9.01. The molecular formula is C20H25N3O2. The summed E-state index contributed by atoms with van der Waals surface area (Å²) in [5.74, 6) is 0.0457. The number of hydrogen-bond acceptors (Lipinski definition) is 3. The maximum absolute atomic E-state index is 12.9. The van der Waals surface area contributed by atoms with Crippen LogP contribution in [0.5, 0.6) is 0 Å². The van der Waals surface area contributed by atoms with Gasteiger partial charge in [0.25, 0.3) is 5.91 Å². The lowest BCUT2D eigenvalue weighted by molar-refractivity contribution is -0.00738. The standard InChI is InChI=1S/C20H25N3O2/c1-13-9-16-17(14(2)25-13)21-22-18(16)19(24)23-11-20(3,12-23)10-15-7-5-4-6-8-15/h4-8,13-14H,9-12H2,1-3H3,(H,21,22)/t13-,14+/m1/s1. The predicted molar refractivity (Wildman–Crippen MR) is 95.4 cm³/mol. The smallest absolute Gasteiger partial charge is 0.274 e. The van der Waals surface area contributed by atoms with Crippen LogP contribution in [-0.2, 0) is 17.6 Å². The van der Waals surface area contributed by atoms with Crippen molar-refractivity contribution in [3.05, 3.63) is 52.8 Å². The minimum Gasteiger partial charge on any atom is -0.369 e. The van der Waals surface area contributed by atoms with E-state index in [-0.39, 0.29) is 23.5 Å². The van der Waals surface area contributed by atoms with Crippen LogP contribution in [0.4, 0.5) is 0 Å². The fourth-order valence-electron chi connectivity index (χ4n) is 4.22.